The summed E-state index contributed by atoms with van der Waals surface area (Å²) in [6.45, 7) is 4.84. The molecule has 3 aromatic heterocycles. The third-order valence-corrected chi connectivity index (χ3v) is 4.25. The van der Waals surface area contributed by atoms with Gasteiger partial charge in [0.25, 0.3) is 5.91 Å². The standard InChI is InChI=1S/C15H16N4O2S/c1-10-8-13(14-4-3-7-22-14)18-19(10)6-5-16-15(20)12-9-17-21-11(12)2/h3-4,7-9H,5-6H2,1-2H3,(H,16,20). The normalized spacial score (nSPS) is 10.8. The summed E-state index contributed by atoms with van der Waals surface area (Å²) >= 11 is 1.66. The minimum absolute atomic E-state index is 0.179. The van der Waals surface area contributed by atoms with Gasteiger partial charge in [-0.3, -0.25) is 9.48 Å². The van der Waals surface area contributed by atoms with E-state index in [9.17, 15) is 4.79 Å². The molecule has 0 aromatic carbocycles. The molecule has 0 aliphatic carbocycles. The van der Waals surface area contributed by atoms with Gasteiger partial charge in [0, 0.05) is 12.2 Å². The number of hydrogen-bond acceptors (Lipinski definition) is 5. The molecule has 0 fully saturated rings. The lowest BCUT2D eigenvalue weighted by molar-refractivity contribution is 0.0950. The van der Waals surface area contributed by atoms with Crippen molar-refractivity contribution in [2.75, 3.05) is 6.54 Å². The summed E-state index contributed by atoms with van der Waals surface area (Å²) in [5, 5.41) is 13.1. The second-order valence-electron chi connectivity index (χ2n) is 4.92. The molecule has 0 spiro atoms. The predicted octanol–water partition coefficient (Wildman–Crippen LogP) is 2.65. The molecule has 22 heavy (non-hydrogen) atoms. The third kappa shape index (κ3) is 2.94. The molecule has 3 aromatic rings. The summed E-state index contributed by atoms with van der Waals surface area (Å²) in [5.74, 6) is 0.342. The highest BCUT2D eigenvalue weighted by Gasteiger charge is 2.12. The number of nitrogens with zero attached hydrogens (tertiary/aromatic N) is 3. The Labute approximate surface area is 131 Å². The summed E-state index contributed by atoms with van der Waals surface area (Å²) in [5.41, 5.74) is 2.50. The molecule has 0 unspecified atom stereocenters. The number of thiophene rings is 1. The van der Waals surface area contributed by atoms with Crippen LogP contribution in [0.1, 0.15) is 21.8 Å². The zero-order chi connectivity index (χ0) is 15.5. The number of aryl methyl sites for hydroxylation is 2. The van der Waals surface area contributed by atoms with Crippen molar-refractivity contribution in [2.24, 2.45) is 0 Å². The fraction of sp³-hybridized carbons (Fsp3) is 0.267. The zero-order valence-corrected chi connectivity index (χ0v) is 13.2. The van der Waals surface area contributed by atoms with Gasteiger partial charge in [-0.15, -0.1) is 11.3 Å². The third-order valence-electron chi connectivity index (χ3n) is 3.36. The first-order chi connectivity index (χ1) is 10.6. The van der Waals surface area contributed by atoms with Crippen LogP contribution in [0.2, 0.25) is 0 Å². The van der Waals surface area contributed by atoms with Gasteiger partial charge in [-0.25, -0.2) is 0 Å². The Morgan fingerprint density at radius 3 is 3.00 bits per heavy atom. The van der Waals surface area contributed by atoms with E-state index in [4.69, 9.17) is 4.52 Å². The minimum Gasteiger partial charge on any atom is -0.361 e. The topological polar surface area (TPSA) is 73.0 Å². The number of rotatable bonds is 5. The second kappa shape index (κ2) is 6.15. The van der Waals surface area contributed by atoms with Crippen molar-refractivity contribution in [3.05, 3.63) is 46.8 Å². The zero-order valence-electron chi connectivity index (χ0n) is 12.4. The van der Waals surface area contributed by atoms with Crippen molar-refractivity contribution in [2.45, 2.75) is 20.4 Å². The van der Waals surface area contributed by atoms with E-state index >= 15 is 0 Å². The van der Waals surface area contributed by atoms with Gasteiger partial charge in [-0.2, -0.15) is 5.10 Å². The molecular weight excluding hydrogens is 300 g/mol. The van der Waals surface area contributed by atoms with Crippen LogP contribution in [0.5, 0.6) is 0 Å². The number of carbonyl (C=O) groups is 1. The monoisotopic (exact) mass is 316 g/mol. The van der Waals surface area contributed by atoms with Crippen molar-refractivity contribution in [1.82, 2.24) is 20.3 Å². The Balaban J connectivity index is 1.60. The van der Waals surface area contributed by atoms with Crippen LogP contribution < -0.4 is 5.32 Å². The van der Waals surface area contributed by atoms with Crippen LogP contribution in [0, 0.1) is 13.8 Å². The van der Waals surface area contributed by atoms with Crippen molar-refractivity contribution < 1.29 is 9.32 Å². The first kappa shape index (κ1) is 14.5. The van der Waals surface area contributed by atoms with E-state index in [0.717, 1.165) is 16.3 Å². The highest BCUT2D eigenvalue weighted by molar-refractivity contribution is 7.13. The minimum atomic E-state index is -0.179. The largest absolute Gasteiger partial charge is 0.361 e. The lowest BCUT2D eigenvalue weighted by Gasteiger charge is -2.06. The highest BCUT2D eigenvalue weighted by atomic mass is 32.1. The number of carbonyl (C=O) groups excluding carboxylic acids is 1. The number of aromatic nitrogens is 3. The quantitative estimate of drug-likeness (QED) is 0.785. The number of nitrogens with one attached hydrogen (secondary N) is 1. The average molecular weight is 316 g/mol. The Bertz CT molecular complexity index is 773. The molecule has 0 saturated carbocycles. The van der Waals surface area contributed by atoms with Gasteiger partial charge < -0.3 is 9.84 Å². The van der Waals surface area contributed by atoms with Crippen LogP contribution in [-0.4, -0.2) is 27.4 Å². The molecule has 0 aliphatic heterocycles. The molecule has 7 heteroatoms. The summed E-state index contributed by atoms with van der Waals surface area (Å²) in [6.07, 6.45) is 1.43. The smallest absolute Gasteiger partial charge is 0.256 e. The Morgan fingerprint density at radius 1 is 1.45 bits per heavy atom. The van der Waals surface area contributed by atoms with Crippen LogP contribution in [0.15, 0.2) is 34.3 Å². The van der Waals surface area contributed by atoms with E-state index in [2.05, 4.69) is 21.6 Å². The average Bonchev–Trinajstić information content (AvgIpc) is 3.20. The van der Waals surface area contributed by atoms with Crippen molar-refractivity contribution >= 4 is 17.2 Å². The molecular formula is C15H16N4O2S. The van der Waals surface area contributed by atoms with E-state index in [-0.39, 0.29) is 5.91 Å². The molecule has 3 heterocycles. The molecule has 0 saturated heterocycles. The lowest BCUT2D eigenvalue weighted by atomic mass is 10.2. The van der Waals surface area contributed by atoms with Gasteiger partial charge in [-0.1, -0.05) is 11.2 Å². The highest BCUT2D eigenvalue weighted by Crippen LogP contribution is 2.23. The lowest BCUT2D eigenvalue weighted by Crippen LogP contribution is -2.27. The fourth-order valence-corrected chi connectivity index (χ4v) is 2.85. The molecule has 0 radical (unpaired) electrons. The van der Waals surface area contributed by atoms with E-state index in [0.29, 0.717) is 24.4 Å². The van der Waals surface area contributed by atoms with Crippen molar-refractivity contribution in [1.29, 1.82) is 0 Å². The van der Waals surface area contributed by atoms with Gasteiger partial charge >= 0.3 is 0 Å². The van der Waals surface area contributed by atoms with Crippen LogP contribution >= 0.6 is 11.3 Å². The number of amides is 1. The van der Waals surface area contributed by atoms with E-state index in [1.165, 1.54) is 6.20 Å². The van der Waals surface area contributed by atoms with Gasteiger partial charge in [0.2, 0.25) is 0 Å². The van der Waals surface area contributed by atoms with Crippen molar-refractivity contribution in [3.8, 4) is 10.6 Å². The fourth-order valence-electron chi connectivity index (χ4n) is 2.17. The molecule has 114 valence electrons. The second-order valence-corrected chi connectivity index (χ2v) is 5.87. The van der Waals surface area contributed by atoms with Crippen LogP contribution in [-0.2, 0) is 6.54 Å². The molecule has 6 nitrogen and oxygen atoms in total. The van der Waals surface area contributed by atoms with Gasteiger partial charge in [0.15, 0.2) is 0 Å². The maximum absolute atomic E-state index is 12.0. The predicted molar refractivity (Wildman–Crippen MR) is 83.9 cm³/mol. The summed E-state index contributed by atoms with van der Waals surface area (Å²) in [6, 6.07) is 6.11. The van der Waals surface area contributed by atoms with E-state index in [1.807, 2.05) is 29.1 Å². The Kier molecular flexibility index (Phi) is 4.06. The molecule has 1 N–H and O–H groups in total. The maximum atomic E-state index is 12.0. The number of hydrogen-bond donors (Lipinski definition) is 1. The van der Waals surface area contributed by atoms with Crippen LogP contribution in [0.3, 0.4) is 0 Å². The van der Waals surface area contributed by atoms with E-state index < -0.39 is 0 Å². The molecule has 0 atom stereocenters. The summed E-state index contributed by atoms with van der Waals surface area (Å²) in [4.78, 5) is 13.1. The van der Waals surface area contributed by atoms with E-state index in [1.54, 1.807) is 18.3 Å². The molecule has 1 amide bonds. The molecule has 0 aliphatic rings. The van der Waals surface area contributed by atoms with Gasteiger partial charge in [0.05, 0.1) is 17.6 Å². The molecule has 3 rings (SSSR count). The molecule has 0 bridgehead atoms. The van der Waals surface area contributed by atoms with Crippen LogP contribution in [0.4, 0.5) is 0 Å². The summed E-state index contributed by atoms with van der Waals surface area (Å²) < 4.78 is 6.79. The van der Waals surface area contributed by atoms with Gasteiger partial charge in [0.1, 0.15) is 17.0 Å². The first-order valence-electron chi connectivity index (χ1n) is 6.93. The van der Waals surface area contributed by atoms with Crippen molar-refractivity contribution in [3.63, 3.8) is 0 Å². The van der Waals surface area contributed by atoms with Gasteiger partial charge in [-0.05, 0) is 31.4 Å². The SMILES string of the molecule is Cc1oncc1C(=O)NCCn1nc(-c2cccs2)cc1C. The Morgan fingerprint density at radius 2 is 2.32 bits per heavy atom. The first-order valence-corrected chi connectivity index (χ1v) is 7.81. The Hall–Kier alpha value is -2.41. The summed E-state index contributed by atoms with van der Waals surface area (Å²) in [7, 11) is 0. The van der Waals surface area contributed by atoms with Crippen LogP contribution in [0.25, 0.3) is 10.6 Å². The maximum Gasteiger partial charge on any atom is 0.256 e.